The van der Waals surface area contributed by atoms with Crippen LogP contribution < -0.4 is 5.32 Å². The second kappa shape index (κ2) is 5.71. The molecule has 1 aliphatic heterocycles. The Morgan fingerprint density at radius 1 is 1.25 bits per heavy atom. The van der Waals surface area contributed by atoms with Gasteiger partial charge in [-0.25, -0.2) is 9.97 Å². The lowest BCUT2D eigenvalue weighted by Crippen LogP contribution is -2.26. The highest BCUT2D eigenvalue weighted by atomic mass is 14.9. The number of nitrogens with zero attached hydrogens (tertiary/aromatic N) is 2. The molecule has 0 aliphatic carbocycles. The van der Waals surface area contributed by atoms with Crippen LogP contribution in [0.25, 0.3) is 11.4 Å². The monoisotopic (exact) mass is 267 g/mol. The fraction of sp³-hybridized carbons (Fsp3) is 0.412. The van der Waals surface area contributed by atoms with Crippen LogP contribution in [-0.2, 0) is 19.4 Å². The van der Waals surface area contributed by atoms with E-state index in [1.807, 2.05) is 0 Å². The summed E-state index contributed by atoms with van der Waals surface area (Å²) < 4.78 is 0. The van der Waals surface area contributed by atoms with Crippen molar-refractivity contribution in [1.82, 2.24) is 15.3 Å². The van der Waals surface area contributed by atoms with E-state index in [1.54, 1.807) is 0 Å². The van der Waals surface area contributed by atoms with Crippen LogP contribution in [0.3, 0.4) is 0 Å². The van der Waals surface area contributed by atoms with Crippen molar-refractivity contribution in [3.05, 3.63) is 46.8 Å². The van der Waals surface area contributed by atoms with Gasteiger partial charge in [-0.15, -0.1) is 0 Å². The first-order valence-corrected chi connectivity index (χ1v) is 7.44. The molecule has 3 heteroatoms. The van der Waals surface area contributed by atoms with Gasteiger partial charge in [0, 0.05) is 36.3 Å². The van der Waals surface area contributed by atoms with Crippen molar-refractivity contribution in [1.29, 1.82) is 0 Å². The topological polar surface area (TPSA) is 37.8 Å². The molecule has 0 saturated heterocycles. The van der Waals surface area contributed by atoms with Crippen LogP contribution in [0, 0.1) is 6.92 Å². The quantitative estimate of drug-likeness (QED) is 0.928. The summed E-state index contributed by atoms with van der Waals surface area (Å²) in [5.74, 6) is 0.887. The van der Waals surface area contributed by atoms with Gasteiger partial charge in [0.25, 0.3) is 0 Å². The lowest BCUT2D eigenvalue weighted by Gasteiger charge is -2.20. The van der Waals surface area contributed by atoms with E-state index in [0.29, 0.717) is 0 Å². The number of hydrogen-bond acceptors (Lipinski definition) is 3. The highest BCUT2D eigenvalue weighted by Gasteiger charge is 2.17. The maximum Gasteiger partial charge on any atom is 0.159 e. The van der Waals surface area contributed by atoms with E-state index in [0.717, 1.165) is 43.7 Å². The molecule has 104 valence electrons. The standard InChI is InChI=1S/C17H21N3/c1-3-5-15-14-11-18-9-8-16(14)20-17(19-15)13-7-4-6-12(2)10-13/h4,6-7,10,18H,3,5,8-9,11H2,1-2H3. The summed E-state index contributed by atoms with van der Waals surface area (Å²) in [6.45, 7) is 6.25. The van der Waals surface area contributed by atoms with Gasteiger partial charge in [0.1, 0.15) is 0 Å². The number of nitrogens with one attached hydrogen (secondary N) is 1. The van der Waals surface area contributed by atoms with Crippen molar-refractivity contribution in [2.24, 2.45) is 0 Å². The molecule has 0 amide bonds. The van der Waals surface area contributed by atoms with Crippen molar-refractivity contribution in [2.75, 3.05) is 6.54 Å². The van der Waals surface area contributed by atoms with Gasteiger partial charge in [-0.2, -0.15) is 0 Å². The van der Waals surface area contributed by atoms with Gasteiger partial charge < -0.3 is 5.32 Å². The lowest BCUT2D eigenvalue weighted by molar-refractivity contribution is 0.615. The highest BCUT2D eigenvalue weighted by molar-refractivity contribution is 5.57. The molecule has 0 saturated carbocycles. The summed E-state index contributed by atoms with van der Waals surface area (Å²) in [7, 11) is 0. The molecule has 20 heavy (non-hydrogen) atoms. The van der Waals surface area contributed by atoms with Crippen LogP contribution in [0.4, 0.5) is 0 Å². The average Bonchev–Trinajstić information content (AvgIpc) is 2.47. The van der Waals surface area contributed by atoms with Crippen molar-refractivity contribution in [3.8, 4) is 11.4 Å². The third-order valence-corrected chi connectivity index (χ3v) is 3.78. The number of aromatic nitrogens is 2. The molecule has 2 aromatic rings. The van der Waals surface area contributed by atoms with Crippen molar-refractivity contribution in [2.45, 2.75) is 39.7 Å². The summed E-state index contributed by atoms with van der Waals surface area (Å²) in [6.07, 6.45) is 3.16. The second-order valence-electron chi connectivity index (χ2n) is 5.47. The normalized spacial score (nSPS) is 14.1. The largest absolute Gasteiger partial charge is 0.312 e. The average molecular weight is 267 g/mol. The van der Waals surface area contributed by atoms with Gasteiger partial charge in [-0.1, -0.05) is 37.1 Å². The van der Waals surface area contributed by atoms with E-state index >= 15 is 0 Å². The van der Waals surface area contributed by atoms with Gasteiger partial charge in [0.15, 0.2) is 5.82 Å². The summed E-state index contributed by atoms with van der Waals surface area (Å²) in [4.78, 5) is 9.65. The van der Waals surface area contributed by atoms with Gasteiger partial charge in [0.2, 0.25) is 0 Å². The Bertz CT molecular complexity index is 620. The van der Waals surface area contributed by atoms with Gasteiger partial charge >= 0.3 is 0 Å². The number of benzene rings is 1. The number of fused-ring (bicyclic) bond motifs is 1. The van der Waals surface area contributed by atoms with Crippen LogP contribution in [0.5, 0.6) is 0 Å². The van der Waals surface area contributed by atoms with Gasteiger partial charge in [0.05, 0.1) is 5.69 Å². The van der Waals surface area contributed by atoms with Gasteiger partial charge in [-0.05, 0) is 19.4 Å². The highest BCUT2D eigenvalue weighted by Crippen LogP contribution is 2.23. The molecule has 2 heterocycles. The van der Waals surface area contributed by atoms with Crippen LogP contribution in [0.1, 0.15) is 35.9 Å². The van der Waals surface area contributed by atoms with E-state index < -0.39 is 0 Å². The molecule has 1 aromatic carbocycles. The van der Waals surface area contributed by atoms with Crippen molar-refractivity contribution in [3.63, 3.8) is 0 Å². The fourth-order valence-corrected chi connectivity index (χ4v) is 2.77. The maximum atomic E-state index is 4.84. The Morgan fingerprint density at radius 2 is 2.15 bits per heavy atom. The SMILES string of the molecule is CCCc1nc(-c2cccc(C)c2)nc2c1CNCC2. The molecule has 0 atom stereocenters. The molecule has 0 bridgehead atoms. The first-order valence-electron chi connectivity index (χ1n) is 7.44. The minimum Gasteiger partial charge on any atom is -0.312 e. The number of hydrogen-bond donors (Lipinski definition) is 1. The minimum atomic E-state index is 0.887. The summed E-state index contributed by atoms with van der Waals surface area (Å²) >= 11 is 0. The molecule has 3 rings (SSSR count). The van der Waals surface area contributed by atoms with E-state index in [-0.39, 0.29) is 0 Å². The molecule has 1 aliphatic rings. The number of rotatable bonds is 3. The smallest absolute Gasteiger partial charge is 0.159 e. The fourth-order valence-electron chi connectivity index (χ4n) is 2.77. The van der Waals surface area contributed by atoms with Crippen molar-refractivity contribution < 1.29 is 0 Å². The zero-order chi connectivity index (χ0) is 13.9. The first-order chi connectivity index (χ1) is 9.78. The predicted molar refractivity (Wildman–Crippen MR) is 81.6 cm³/mol. The molecule has 0 unspecified atom stereocenters. The third kappa shape index (κ3) is 2.59. The molecule has 1 aromatic heterocycles. The molecule has 0 radical (unpaired) electrons. The zero-order valence-electron chi connectivity index (χ0n) is 12.2. The van der Waals surface area contributed by atoms with Crippen LogP contribution >= 0.6 is 0 Å². The van der Waals surface area contributed by atoms with E-state index in [2.05, 4.69) is 43.4 Å². The van der Waals surface area contributed by atoms with E-state index in [1.165, 1.54) is 22.5 Å². The molecule has 3 nitrogen and oxygen atoms in total. The third-order valence-electron chi connectivity index (χ3n) is 3.78. The summed E-state index contributed by atoms with van der Waals surface area (Å²) in [5, 5.41) is 3.43. The van der Waals surface area contributed by atoms with Crippen LogP contribution in [0.2, 0.25) is 0 Å². The van der Waals surface area contributed by atoms with Crippen LogP contribution in [0.15, 0.2) is 24.3 Å². The Kier molecular flexibility index (Phi) is 3.79. The molecule has 1 N–H and O–H groups in total. The van der Waals surface area contributed by atoms with E-state index in [9.17, 15) is 0 Å². The zero-order valence-corrected chi connectivity index (χ0v) is 12.2. The van der Waals surface area contributed by atoms with Crippen molar-refractivity contribution >= 4 is 0 Å². The molecular weight excluding hydrogens is 246 g/mol. The Balaban J connectivity index is 2.10. The Labute approximate surface area is 120 Å². The first kappa shape index (κ1) is 13.3. The van der Waals surface area contributed by atoms with E-state index in [4.69, 9.17) is 9.97 Å². The Hall–Kier alpha value is -1.74. The second-order valence-corrected chi connectivity index (χ2v) is 5.47. The lowest BCUT2D eigenvalue weighted by atomic mass is 10.0. The summed E-state index contributed by atoms with van der Waals surface area (Å²) in [6, 6.07) is 8.46. The van der Waals surface area contributed by atoms with Crippen LogP contribution in [-0.4, -0.2) is 16.5 Å². The summed E-state index contributed by atoms with van der Waals surface area (Å²) in [5.41, 5.74) is 6.17. The number of aryl methyl sites for hydroxylation is 2. The molecular formula is C17H21N3. The minimum absolute atomic E-state index is 0.887. The Morgan fingerprint density at radius 3 is 2.95 bits per heavy atom. The van der Waals surface area contributed by atoms with Gasteiger partial charge in [-0.3, -0.25) is 0 Å². The molecule has 0 spiro atoms. The maximum absolute atomic E-state index is 4.84. The molecule has 0 fully saturated rings. The predicted octanol–water partition coefficient (Wildman–Crippen LogP) is 3.05.